The van der Waals surface area contributed by atoms with Gasteiger partial charge in [-0.2, -0.15) is 8.78 Å². The highest BCUT2D eigenvalue weighted by atomic mass is 32.1. The molecule has 0 aliphatic rings. The highest BCUT2D eigenvalue weighted by Crippen LogP contribution is 2.15. The third kappa shape index (κ3) is 5.96. The summed E-state index contributed by atoms with van der Waals surface area (Å²) < 4.78 is 33.2. The molecule has 2 aromatic rings. The van der Waals surface area contributed by atoms with Crippen LogP contribution in [0.2, 0.25) is 0 Å². The molecule has 1 amide bonds. The van der Waals surface area contributed by atoms with Gasteiger partial charge in [-0.3, -0.25) is 4.79 Å². The zero-order chi connectivity index (χ0) is 17.4. The minimum atomic E-state index is -2.85. The molecule has 2 rings (SSSR count). The van der Waals surface area contributed by atoms with Crippen LogP contribution in [0.1, 0.15) is 15.2 Å². The largest absolute Gasteiger partial charge is 0.451 e. The molecule has 128 valence electrons. The fraction of sp³-hybridized carbons (Fsp3) is 0.250. The van der Waals surface area contributed by atoms with Crippen molar-refractivity contribution in [2.45, 2.75) is 13.0 Å². The van der Waals surface area contributed by atoms with E-state index < -0.39 is 18.5 Å². The molecular formula is C16H15F2NO4S. The molecule has 5 nitrogen and oxygen atoms in total. The highest BCUT2D eigenvalue weighted by molar-refractivity contribution is 7.11. The van der Waals surface area contributed by atoms with E-state index in [1.807, 2.05) is 0 Å². The summed E-state index contributed by atoms with van der Waals surface area (Å²) in [6, 6.07) is 9.49. The lowest BCUT2D eigenvalue weighted by Crippen LogP contribution is -2.30. The van der Waals surface area contributed by atoms with Gasteiger partial charge in [0.2, 0.25) is 0 Å². The summed E-state index contributed by atoms with van der Waals surface area (Å²) in [6.45, 7) is -2.87. The number of amides is 1. The number of rotatable bonds is 8. The van der Waals surface area contributed by atoms with E-state index in [2.05, 4.69) is 10.1 Å². The Kier molecular flexibility index (Phi) is 6.68. The second-order valence-electron chi connectivity index (χ2n) is 4.68. The fourth-order valence-corrected chi connectivity index (χ4v) is 2.45. The van der Waals surface area contributed by atoms with Crippen LogP contribution in [0.25, 0.3) is 0 Å². The Morgan fingerprint density at radius 3 is 2.54 bits per heavy atom. The van der Waals surface area contributed by atoms with E-state index >= 15 is 0 Å². The van der Waals surface area contributed by atoms with Gasteiger partial charge in [-0.1, -0.05) is 18.2 Å². The minimum Gasteiger partial charge on any atom is -0.451 e. The van der Waals surface area contributed by atoms with Crippen molar-refractivity contribution in [1.29, 1.82) is 0 Å². The van der Waals surface area contributed by atoms with Gasteiger partial charge in [0.05, 0.1) is 0 Å². The zero-order valence-electron chi connectivity index (χ0n) is 12.5. The van der Waals surface area contributed by atoms with E-state index in [1.54, 1.807) is 29.6 Å². The number of benzene rings is 1. The summed E-state index contributed by atoms with van der Waals surface area (Å²) in [5.41, 5.74) is 0.854. The van der Waals surface area contributed by atoms with Crippen LogP contribution in [0.15, 0.2) is 41.8 Å². The van der Waals surface area contributed by atoms with Crippen molar-refractivity contribution >= 4 is 23.2 Å². The number of carbonyl (C=O) groups excluding carboxylic acids is 2. The standard InChI is InChI=1S/C16H15F2NO4S/c17-16(18)23-12-5-3-11(4-6-12)7-8-19-14(20)10-22-15(21)13-2-1-9-24-13/h1-6,9,16H,7-8,10H2,(H,19,20). The van der Waals surface area contributed by atoms with Crippen molar-refractivity contribution in [3.05, 3.63) is 52.2 Å². The van der Waals surface area contributed by atoms with Gasteiger partial charge in [0, 0.05) is 6.54 Å². The van der Waals surface area contributed by atoms with Crippen molar-refractivity contribution in [3.8, 4) is 5.75 Å². The Labute approximate surface area is 141 Å². The molecule has 0 bridgehead atoms. The second kappa shape index (κ2) is 8.97. The van der Waals surface area contributed by atoms with Crippen molar-refractivity contribution < 1.29 is 27.8 Å². The van der Waals surface area contributed by atoms with Gasteiger partial charge in [-0.25, -0.2) is 4.79 Å². The molecule has 0 radical (unpaired) electrons. The van der Waals surface area contributed by atoms with Gasteiger partial charge in [0.25, 0.3) is 5.91 Å². The molecule has 1 N–H and O–H groups in total. The number of nitrogens with one attached hydrogen (secondary N) is 1. The SMILES string of the molecule is O=C(COC(=O)c1cccs1)NCCc1ccc(OC(F)F)cc1. The van der Waals surface area contributed by atoms with E-state index in [-0.39, 0.29) is 12.4 Å². The second-order valence-corrected chi connectivity index (χ2v) is 5.62. The number of halogens is 2. The topological polar surface area (TPSA) is 64.6 Å². The fourth-order valence-electron chi connectivity index (χ4n) is 1.83. The number of thiophene rings is 1. The van der Waals surface area contributed by atoms with Gasteiger partial charge in [-0.15, -0.1) is 11.3 Å². The third-order valence-corrected chi connectivity index (χ3v) is 3.79. The van der Waals surface area contributed by atoms with E-state index in [0.717, 1.165) is 5.56 Å². The average Bonchev–Trinajstić information content (AvgIpc) is 3.08. The maximum absolute atomic E-state index is 12.0. The zero-order valence-corrected chi connectivity index (χ0v) is 13.4. The van der Waals surface area contributed by atoms with Gasteiger partial charge in [-0.05, 0) is 35.6 Å². The van der Waals surface area contributed by atoms with Crippen molar-refractivity contribution in [2.24, 2.45) is 0 Å². The minimum absolute atomic E-state index is 0.0817. The van der Waals surface area contributed by atoms with Crippen LogP contribution >= 0.6 is 11.3 Å². The molecule has 0 fully saturated rings. The summed E-state index contributed by atoms with van der Waals surface area (Å²) in [4.78, 5) is 23.6. The number of esters is 1. The Morgan fingerprint density at radius 2 is 1.92 bits per heavy atom. The van der Waals surface area contributed by atoms with Gasteiger partial charge in [0.1, 0.15) is 10.6 Å². The van der Waals surface area contributed by atoms with Crippen LogP contribution < -0.4 is 10.1 Å². The van der Waals surface area contributed by atoms with Crippen LogP contribution in [0.5, 0.6) is 5.75 Å². The van der Waals surface area contributed by atoms with Gasteiger partial charge < -0.3 is 14.8 Å². The van der Waals surface area contributed by atoms with Crippen molar-refractivity contribution in [1.82, 2.24) is 5.32 Å². The van der Waals surface area contributed by atoms with E-state index in [0.29, 0.717) is 17.8 Å². The summed E-state index contributed by atoms with van der Waals surface area (Å²) in [5.74, 6) is -0.856. The van der Waals surface area contributed by atoms with E-state index in [9.17, 15) is 18.4 Å². The first-order valence-electron chi connectivity index (χ1n) is 7.05. The molecule has 8 heteroatoms. The van der Waals surface area contributed by atoms with Crippen LogP contribution in [-0.2, 0) is 16.0 Å². The quantitative estimate of drug-likeness (QED) is 0.740. The number of carbonyl (C=O) groups is 2. The molecule has 0 atom stereocenters. The first-order valence-corrected chi connectivity index (χ1v) is 7.93. The first kappa shape index (κ1) is 17.9. The molecule has 1 aromatic heterocycles. The third-order valence-electron chi connectivity index (χ3n) is 2.94. The lowest BCUT2D eigenvalue weighted by atomic mass is 10.1. The molecule has 1 aromatic carbocycles. The Hall–Kier alpha value is -2.48. The summed E-state index contributed by atoms with van der Waals surface area (Å²) >= 11 is 1.24. The molecule has 1 heterocycles. The maximum Gasteiger partial charge on any atom is 0.387 e. The Bertz CT molecular complexity index is 659. The number of alkyl halides is 2. The lowest BCUT2D eigenvalue weighted by Gasteiger charge is -2.07. The predicted octanol–water partition coefficient (Wildman–Crippen LogP) is 2.87. The van der Waals surface area contributed by atoms with E-state index in [4.69, 9.17) is 4.74 Å². The van der Waals surface area contributed by atoms with Gasteiger partial charge >= 0.3 is 12.6 Å². The molecule has 0 aliphatic carbocycles. The van der Waals surface area contributed by atoms with Gasteiger partial charge in [0.15, 0.2) is 6.61 Å². The lowest BCUT2D eigenvalue weighted by molar-refractivity contribution is -0.124. The predicted molar refractivity (Wildman–Crippen MR) is 84.4 cm³/mol. The number of ether oxygens (including phenoxy) is 2. The molecule has 0 saturated carbocycles. The first-order chi connectivity index (χ1) is 11.5. The van der Waals surface area contributed by atoms with Crippen molar-refractivity contribution in [2.75, 3.05) is 13.2 Å². The maximum atomic E-state index is 12.0. The smallest absolute Gasteiger partial charge is 0.387 e. The van der Waals surface area contributed by atoms with Crippen molar-refractivity contribution in [3.63, 3.8) is 0 Å². The summed E-state index contributed by atoms with van der Waals surface area (Å²) in [7, 11) is 0. The van der Waals surface area contributed by atoms with Crippen LogP contribution in [0.4, 0.5) is 8.78 Å². The molecule has 0 saturated heterocycles. The van der Waals surface area contributed by atoms with Crippen LogP contribution in [-0.4, -0.2) is 31.6 Å². The van der Waals surface area contributed by atoms with Crippen LogP contribution in [0.3, 0.4) is 0 Å². The average molecular weight is 355 g/mol. The van der Waals surface area contributed by atoms with Crippen LogP contribution in [0, 0.1) is 0 Å². The monoisotopic (exact) mass is 355 g/mol. The van der Waals surface area contributed by atoms with E-state index in [1.165, 1.54) is 23.5 Å². The summed E-state index contributed by atoms with van der Waals surface area (Å²) in [6.07, 6.45) is 0.513. The Balaban J connectivity index is 1.66. The highest BCUT2D eigenvalue weighted by Gasteiger charge is 2.10. The number of hydrogen-bond donors (Lipinski definition) is 1. The Morgan fingerprint density at radius 1 is 1.17 bits per heavy atom. The molecular weight excluding hydrogens is 340 g/mol. The summed E-state index contributed by atoms with van der Waals surface area (Å²) in [5, 5.41) is 4.36. The number of hydrogen-bond acceptors (Lipinski definition) is 5. The normalized spacial score (nSPS) is 10.5. The molecule has 0 unspecified atom stereocenters. The molecule has 0 spiro atoms. The molecule has 0 aliphatic heterocycles. The molecule has 24 heavy (non-hydrogen) atoms.